The Labute approximate surface area is 227 Å². The number of rotatable bonds is 8. The molecule has 3 aromatic rings. The zero-order valence-electron chi connectivity index (χ0n) is 22.1. The highest BCUT2D eigenvalue weighted by molar-refractivity contribution is 6.30. The van der Waals surface area contributed by atoms with Crippen LogP contribution in [0, 0.1) is 12.8 Å². The molecule has 1 fully saturated rings. The topological polar surface area (TPSA) is 23.6 Å². The van der Waals surface area contributed by atoms with Crippen LogP contribution in [0.5, 0.6) is 0 Å². The number of halogens is 1. The Balaban J connectivity index is 1.12. The number of carbonyl (C=O) groups is 1. The van der Waals surface area contributed by atoms with Crippen LogP contribution in [0.3, 0.4) is 0 Å². The highest BCUT2D eigenvalue weighted by Gasteiger charge is 2.22. The quantitative estimate of drug-likeness (QED) is 0.291. The largest absolute Gasteiger partial charge is 0.299 e. The van der Waals surface area contributed by atoms with Crippen molar-refractivity contribution < 1.29 is 4.79 Å². The molecular formula is C33H39ClN2O. The van der Waals surface area contributed by atoms with Gasteiger partial charge in [0.25, 0.3) is 0 Å². The van der Waals surface area contributed by atoms with Crippen LogP contribution in [0.4, 0.5) is 0 Å². The van der Waals surface area contributed by atoms with Gasteiger partial charge in [-0.15, -0.1) is 0 Å². The summed E-state index contributed by atoms with van der Waals surface area (Å²) in [7, 11) is 0. The minimum atomic E-state index is 0.304. The minimum Gasteiger partial charge on any atom is -0.299 e. The fraction of sp³-hybridized carbons (Fsp3) is 0.424. The Bertz CT molecular complexity index is 1200. The van der Waals surface area contributed by atoms with Crippen LogP contribution in [0.2, 0.25) is 5.02 Å². The molecule has 1 saturated heterocycles. The molecule has 0 saturated carbocycles. The first kappa shape index (κ1) is 26.2. The fourth-order valence-electron chi connectivity index (χ4n) is 5.93. The van der Waals surface area contributed by atoms with Gasteiger partial charge in [-0.3, -0.25) is 14.6 Å². The molecule has 0 N–H and O–H groups in total. The number of ketones is 1. The summed E-state index contributed by atoms with van der Waals surface area (Å²) in [5.41, 5.74) is 7.71. The molecule has 194 valence electrons. The Morgan fingerprint density at radius 3 is 2.46 bits per heavy atom. The lowest BCUT2D eigenvalue weighted by atomic mass is 9.89. The molecule has 3 nitrogen and oxygen atoms in total. The predicted octanol–water partition coefficient (Wildman–Crippen LogP) is 7.47. The van der Waals surface area contributed by atoms with Gasteiger partial charge in [-0.05, 0) is 111 Å². The lowest BCUT2D eigenvalue weighted by molar-refractivity contribution is 0.0961. The van der Waals surface area contributed by atoms with E-state index in [-0.39, 0.29) is 0 Å². The van der Waals surface area contributed by atoms with Gasteiger partial charge < -0.3 is 0 Å². The normalized spacial score (nSPS) is 17.4. The maximum atomic E-state index is 13.2. The fourth-order valence-corrected chi connectivity index (χ4v) is 6.05. The molecule has 5 rings (SSSR count). The van der Waals surface area contributed by atoms with Gasteiger partial charge in [0.15, 0.2) is 5.78 Å². The van der Waals surface area contributed by atoms with Crippen LogP contribution in [-0.4, -0.2) is 35.2 Å². The Hall–Kier alpha value is -2.46. The van der Waals surface area contributed by atoms with Crippen molar-refractivity contribution in [2.75, 3.05) is 19.6 Å². The van der Waals surface area contributed by atoms with Gasteiger partial charge in [-0.25, -0.2) is 0 Å². The number of carbonyl (C=O) groups excluding carboxylic acids is 1. The van der Waals surface area contributed by atoms with Crippen molar-refractivity contribution in [1.29, 1.82) is 0 Å². The molecule has 0 bridgehead atoms. The van der Waals surface area contributed by atoms with Crippen molar-refractivity contribution >= 4 is 17.4 Å². The van der Waals surface area contributed by atoms with Crippen LogP contribution in [0.25, 0.3) is 0 Å². The Kier molecular flexibility index (Phi) is 8.76. The highest BCUT2D eigenvalue weighted by Crippen LogP contribution is 2.26. The Morgan fingerprint density at radius 1 is 0.892 bits per heavy atom. The van der Waals surface area contributed by atoms with Crippen molar-refractivity contribution in [3.05, 3.63) is 105 Å². The van der Waals surface area contributed by atoms with Crippen LogP contribution in [0.1, 0.15) is 70.3 Å². The zero-order chi connectivity index (χ0) is 25.6. The molecule has 0 radical (unpaired) electrons. The second-order valence-corrected chi connectivity index (χ2v) is 11.5. The van der Waals surface area contributed by atoms with Gasteiger partial charge in [0.2, 0.25) is 0 Å². The third-order valence-electron chi connectivity index (χ3n) is 8.30. The maximum Gasteiger partial charge on any atom is 0.162 e. The van der Waals surface area contributed by atoms with Crippen molar-refractivity contribution in [3.8, 4) is 0 Å². The van der Waals surface area contributed by atoms with Crippen molar-refractivity contribution in [2.45, 2.75) is 65.1 Å². The number of fused-ring (bicyclic) bond motifs is 1. The van der Waals surface area contributed by atoms with Crippen LogP contribution in [0.15, 0.2) is 66.7 Å². The molecule has 3 aromatic carbocycles. The standard InChI is InChI=1S/C33H39ClN2O/c1-25-5-2-3-6-30(25)23-35-19-16-26(17-20-35)10-15-33(37)29-12-11-28-7-4-18-36(24-31(28)21-29)22-27-8-13-32(34)14-9-27/h2-3,5-6,8-9,11-14,21,26H,4,7,10,15-20,22-24H2,1H3. The molecular weight excluding hydrogens is 476 g/mol. The number of hydrogen-bond acceptors (Lipinski definition) is 3. The summed E-state index contributed by atoms with van der Waals surface area (Å²) in [6.07, 6.45) is 6.30. The van der Waals surface area contributed by atoms with Gasteiger partial charge in [-0.2, -0.15) is 0 Å². The monoisotopic (exact) mass is 514 g/mol. The maximum absolute atomic E-state index is 13.2. The van der Waals surface area contributed by atoms with Crippen LogP contribution in [-0.2, 0) is 26.1 Å². The predicted molar refractivity (Wildman–Crippen MR) is 153 cm³/mol. The second-order valence-electron chi connectivity index (χ2n) is 11.0. The van der Waals surface area contributed by atoms with E-state index in [0.717, 1.165) is 69.1 Å². The van der Waals surface area contributed by atoms with Crippen LogP contribution < -0.4 is 0 Å². The minimum absolute atomic E-state index is 0.304. The number of hydrogen-bond donors (Lipinski definition) is 0. The second kappa shape index (κ2) is 12.4. The van der Waals surface area contributed by atoms with Crippen molar-refractivity contribution in [3.63, 3.8) is 0 Å². The number of aryl methyl sites for hydroxylation is 2. The molecule has 4 heteroatoms. The summed E-state index contributed by atoms with van der Waals surface area (Å²) >= 11 is 6.06. The third-order valence-corrected chi connectivity index (χ3v) is 8.56. The van der Waals surface area contributed by atoms with E-state index < -0.39 is 0 Å². The SMILES string of the molecule is Cc1ccccc1CN1CCC(CCC(=O)c2ccc3c(c2)CN(Cc2ccc(Cl)cc2)CCC3)CC1. The summed E-state index contributed by atoms with van der Waals surface area (Å²) in [4.78, 5) is 18.2. The van der Waals surface area contributed by atoms with Gasteiger partial charge in [0, 0.05) is 36.6 Å². The first-order valence-corrected chi connectivity index (χ1v) is 14.3. The van der Waals surface area contributed by atoms with E-state index in [1.54, 1.807) is 0 Å². The zero-order valence-corrected chi connectivity index (χ0v) is 22.9. The lowest BCUT2D eigenvalue weighted by Gasteiger charge is -2.32. The number of benzene rings is 3. The molecule has 0 aliphatic carbocycles. The average molecular weight is 515 g/mol. The molecule has 0 aromatic heterocycles. The summed E-state index contributed by atoms with van der Waals surface area (Å²) < 4.78 is 0. The molecule has 37 heavy (non-hydrogen) atoms. The van der Waals surface area contributed by atoms with Gasteiger partial charge in [-0.1, -0.05) is 60.1 Å². The first-order chi connectivity index (χ1) is 18.0. The summed E-state index contributed by atoms with van der Waals surface area (Å²) in [6.45, 7) is 8.40. The van der Waals surface area contributed by atoms with Gasteiger partial charge in [0.05, 0.1) is 0 Å². The molecule has 0 unspecified atom stereocenters. The molecule has 0 amide bonds. The molecule has 0 atom stereocenters. The van der Waals surface area contributed by atoms with E-state index in [2.05, 4.69) is 71.3 Å². The van der Waals surface area contributed by atoms with E-state index in [1.165, 1.54) is 40.7 Å². The summed E-state index contributed by atoms with van der Waals surface area (Å²) in [5, 5.41) is 0.779. The number of likely N-dealkylation sites (tertiary alicyclic amines) is 1. The van der Waals surface area contributed by atoms with Gasteiger partial charge in [0.1, 0.15) is 0 Å². The van der Waals surface area contributed by atoms with E-state index in [4.69, 9.17) is 11.6 Å². The summed E-state index contributed by atoms with van der Waals surface area (Å²) in [6, 6.07) is 23.3. The molecule has 2 aliphatic rings. The van der Waals surface area contributed by atoms with Crippen molar-refractivity contribution in [1.82, 2.24) is 9.80 Å². The number of nitrogens with zero attached hydrogens (tertiary/aromatic N) is 2. The number of Topliss-reactive ketones (excluding diaryl/α,β-unsaturated/α-hetero) is 1. The number of piperidine rings is 1. The smallest absolute Gasteiger partial charge is 0.162 e. The molecule has 2 aliphatic heterocycles. The van der Waals surface area contributed by atoms with Crippen molar-refractivity contribution in [2.24, 2.45) is 5.92 Å². The Morgan fingerprint density at radius 2 is 1.68 bits per heavy atom. The highest BCUT2D eigenvalue weighted by atomic mass is 35.5. The summed E-state index contributed by atoms with van der Waals surface area (Å²) in [5.74, 6) is 0.964. The molecule has 0 spiro atoms. The van der Waals surface area contributed by atoms with E-state index >= 15 is 0 Å². The van der Waals surface area contributed by atoms with Crippen LogP contribution >= 0.6 is 11.6 Å². The first-order valence-electron chi connectivity index (χ1n) is 13.9. The van der Waals surface area contributed by atoms with E-state index in [0.29, 0.717) is 18.1 Å². The lowest BCUT2D eigenvalue weighted by Crippen LogP contribution is -2.33. The third kappa shape index (κ3) is 7.10. The van der Waals surface area contributed by atoms with E-state index in [9.17, 15) is 4.79 Å². The van der Waals surface area contributed by atoms with Gasteiger partial charge >= 0.3 is 0 Å². The van der Waals surface area contributed by atoms with E-state index in [1.807, 2.05) is 12.1 Å². The molecule has 2 heterocycles. The average Bonchev–Trinajstić information content (AvgIpc) is 3.12.